The normalized spacial score (nSPS) is 22.5. The summed E-state index contributed by atoms with van der Waals surface area (Å²) in [5.74, 6) is 3.00. The van der Waals surface area contributed by atoms with E-state index in [0.29, 0.717) is 43.0 Å². The van der Waals surface area contributed by atoms with Crippen LogP contribution in [0.25, 0.3) is 11.2 Å². The molecule has 0 spiro atoms. The van der Waals surface area contributed by atoms with Gasteiger partial charge in [-0.2, -0.15) is 0 Å². The van der Waals surface area contributed by atoms with Gasteiger partial charge in [-0.15, -0.1) is 0 Å². The van der Waals surface area contributed by atoms with E-state index >= 15 is 0 Å². The molecule has 4 unspecified atom stereocenters. The number of rotatable bonds is 12. The molecule has 4 atom stereocenters. The molecule has 34 heavy (non-hydrogen) atoms. The van der Waals surface area contributed by atoms with Crippen LogP contribution >= 0.6 is 0 Å². The summed E-state index contributed by atoms with van der Waals surface area (Å²) in [6, 6.07) is 0.202. The number of amides is 1. The van der Waals surface area contributed by atoms with E-state index in [1.165, 1.54) is 25.7 Å². The number of carbonyl (C=O) groups is 1. The zero-order valence-electron chi connectivity index (χ0n) is 21.1. The van der Waals surface area contributed by atoms with Gasteiger partial charge in [0.25, 0.3) is 5.56 Å². The van der Waals surface area contributed by atoms with Crippen LogP contribution in [0.5, 0.6) is 0 Å². The van der Waals surface area contributed by atoms with Gasteiger partial charge in [0.2, 0.25) is 5.91 Å². The highest BCUT2D eigenvalue weighted by Crippen LogP contribution is 2.49. The lowest BCUT2D eigenvalue weighted by atomic mass is 9.84. The van der Waals surface area contributed by atoms with Crippen molar-refractivity contribution in [1.29, 1.82) is 0 Å². The Bertz CT molecular complexity index is 1110. The van der Waals surface area contributed by atoms with Gasteiger partial charge >= 0.3 is 5.69 Å². The highest BCUT2D eigenvalue weighted by molar-refractivity contribution is 5.77. The highest BCUT2D eigenvalue weighted by atomic mass is 16.2. The van der Waals surface area contributed by atoms with Crippen LogP contribution in [0, 0.1) is 17.8 Å². The van der Waals surface area contributed by atoms with E-state index in [4.69, 9.17) is 4.98 Å². The molecule has 0 aliphatic heterocycles. The maximum atomic E-state index is 12.8. The average molecular weight is 472 g/mol. The number of hydrogen-bond donors (Lipinski definition) is 2. The second-order valence-corrected chi connectivity index (χ2v) is 10.5. The second kappa shape index (κ2) is 10.9. The lowest BCUT2D eigenvalue weighted by Gasteiger charge is -2.28. The number of fused-ring (bicyclic) bond motifs is 3. The molecule has 8 nitrogen and oxygen atoms in total. The number of nitrogens with one attached hydrogen (secondary N) is 2. The number of unbranched alkanes of at least 4 members (excludes halogenated alkanes) is 3. The van der Waals surface area contributed by atoms with E-state index in [9.17, 15) is 14.4 Å². The van der Waals surface area contributed by atoms with Gasteiger partial charge in [-0.3, -0.25) is 19.1 Å². The zero-order valence-corrected chi connectivity index (χ0v) is 21.1. The summed E-state index contributed by atoms with van der Waals surface area (Å²) in [6.07, 6.45) is 10.9. The minimum atomic E-state index is -0.409. The summed E-state index contributed by atoms with van der Waals surface area (Å²) in [4.78, 5) is 45.3. The van der Waals surface area contributed by atoms with Crippen LogP contribution in [0.2, 0.25) is 0 Å². The summed E-state index contributed by atoms with van der Waals surface area (Å²) >= 11 is 0. The van der Waals surface area contributed by atoms with E-state index in [0.717, 1.165) is 49.8 Å². The van der Waals surface area contributed by atoms with E-state index in [-0.39, 0.29) is 11.9 Å². The number of aryl methyl sites for hydroxylation is 3. The van der Waals surface area contributed by atoms with Crippen LogP contribution in [0.1, 0.15) is 90.8 Å². The molecular weight excluding hydrogens is 430 g/mol. The molecule has 2 aliphatic rings. The fourth-order valence-corrected chi connectivity index (χ4v) is 6.26. The predicted octanol–water partition coefficient (Wildman–Crippen LogP) is 3.75. The molecule has 2 aromatic heterocycles. The third kappa shape index (κ3) is 5.15. The molecule has 188 valence electrons. The highest BCUT2D eigenvalue weighted by Gasteiger charge is 2.42. The molecule has 0 radical (unpaired) electrons. The van der Waals surface area contributed by atoms with Crippen molar-refractivity contribution in [3.8, 4) is 0 Å². The first-order valence-corrected chi connectivity index (χ1v) is 13.4. The second-order valence-electron chi connectivity index (χ2n) is 10.5. The third-order valence-corrected chi connectivity index (χ3v) is 8.08. The Labute approximate surface area is 201 Å². The van der Waals surface area contributed by atoms with Crippen molar-refractivity contribution < 1.29 is 4.79 Å². The van der Waals surface area contributed by atoms with Gasteiger partial charge in [0, 0.05) is 32.0 Å². The number of aromatic amines is 1. The maximum Gasteiger partial charge on any atom is 0.330 e. The lowest BCUT2D eigenvalue weighted by Crippen LogP contribution is -2.40. The molecule has 2 N–H and O–H groups in total. The first-order chi connectivity index (χ1) is 16.4. The van der Waals surface area contributed by atoms with Crippen LogP contribution in [0.15, 0.2) is 9.59 Å². The van der Waals surface area contributed by atoms with Crippen LogP contribution in [-0.4, -0.2) is 31.1 Å². The van der Waals surface area contributed by atoms with Crippen LogP contribution in [0.3, 0.4) is 0 Å². The van der Waals surface area contributed by atoms with Crippen molar-refractivity contribution in [2.24, 2.45) is 17.8 Å². The quantitative estimate of drug-likeness (QED) is 0.460. The molecule has 0 saturated heterocycles. The Balaban J connectivity index is 1.52. The topological polar surface area (TPSA) is 102 Å². The standard InChI is InChI=1S/C26H41N5O3/c1-4-6-8-14-30-21(28-24-23(30)25(33)29-26(34)31(24)13-7-5-2)11-12-22(32)27-17(3)20-16-18-9-10-19(20)15-18/h17-20H,4-16H2,1-3H3,(H,27,32)(H,29,33,34). The fourth-order valence-electron chi connectivity index (χ4n) is 6.26. The predicted molar refractivity (Wildman–Crippen MR) is 134 cm³/mol. The smallest absolute Gasteiger partial charge is 0.330 e. The molecule has 2 aliphatic carbocycles. The fraction of sp³-hybridized carbons (Fsp3) is 0.769. The molecule has 0 aromatic carbocycles. The van der Waals surface area contributed by atoms with Crippen molar-refractivity contribution in [3.63, 3.8) is 0 Å². The molecule has 2 aromatic rings. The van der Waals surface area contributed by atoms with Gasteiger partial charge in [-0.05, 0) is 56.8 Å². The van der Waals surface area contributed by atoms with E-state index in [1.54, 1.807) is 4.57 Å². The third-order valence-electron chi connectivity index (χ3n) is 8.08. The Morgan fingerprint density at radius 3 is 2.53 bits per heavy atom. The molecule has 8 heteroatoms. The Hall–Kier alpha value is -2.38. The van der Waals surface area contributed by atoms with Gasteiger partial charge in [0.1, 0.15) is 5.82 Å². The molecule has 2 bridgehead atoms. The summed E-state index contributed by atoms with van der Waals surface area (Å²) in [5, 5.41) is 3.24. The number of nitrogens with zero attached hydrogens (tertiary/aromatic N) is 3. The number of imidazole rings is 1. The SMILES string of the molecule is CCCCCn1c(CCC(=O)NC(C)C2CC3CCC2C3)nc2c1c(=O)[nH]c(=O)n2CCCC. The van der Waals surface area contributed by atoms with E-state index < -0.39 is 11.2 Å². The van der Waals surface area contributed by atoms with Gasteiger partial charge < -0.3 is 9.88 Å². The largest absolute Gasteiger partial charge is 0.353 e. The van der Waals surface area contributed by atoms with Crippen LogP contribution in [0.4, 0.5) is 0 Å². The van der Waals surface area contributed by atoms with Crippen molar-refractivity contribution >= 4 is 17.1 Å². The Kier molecular flexibility index (Phi) is 7.94. The van der Waals surface area contributed by atoms with Crippen molar-refractivity contribution in [1.82, 2.24) is 24.4 Å². The van der Waals surface area contributed by atoms with Gasteiger partial charge in [0.05, 0.1) is 0 Å². The van der Waals surface area contributed by atoms with Gasteiger partial charge in [0.15, 0.2) is 11.2 Å². The van der Waals surface area contributed by atoms with Crippen molar-refractivity contribution in [2.45, 2.75) is 111 Å². The van der Waals surface area contributed by atoms with E-state index in [2.05, 4.69) is 31.1 Å². The minimum Gasteiger partial charge on any atom is -0.353 e. The Morgan fingerprint density at radius 1 is 1.09 bits per heavy atom. The molecular formula is C26H41N5O3. The first-order valence-electron chi connectivity index (χ1n) is 13.4. The monoisotopic (exact) mass is 471 g/mol. The summed E-state index contributed by atoms with van der Waals surface area (Å²) in [5.41, 5.74) is 0.104. The first kappa shape index (κ1) is 24.7. The minimum absolute atomic E-state index is 0.0414. The number of aromatic nitrogens is 4. The van der Waals surface area contributed by atoms with Crippen molar-refractivity contribution in [2.75, 3.05) is 0 Å². The Morgan fingerprint density at radius 2 is 1.85 bits per heavy atom. The molecule has 2 fully saturated rings. The van der Waals surface area contributed by atoms with Crippen molar-refractivity contribution in [3.05, 3.63) is 26.7 Å². The molecule has 4 rings (SSSR count). The average Bonchev–Trinajstić information content (AvgIpc) is 3.52. The maximum absolute atomic E-state index is 12.8. The zero-order chi connectivity index (χ0) is 24.2. The number of H-pyrrole nitrogens is 1. The van der Waals surface area contributed by atoms with E-state index in [1.807, 2.05) is 4.57 Å². The van der Waals surface area contributed by atoms with Gasteiger partial charge in [-0.1, -0.05) is 39.5 Å². The van der Waals surface area contributed by atoms with Gasteiger partial charge in [-0.25, -0.2) is 9.78 Å². The van der Waals surface area contributed by atoms with Crippen LogP contribution < -0.4 is 16.6 Å². The molecule has 2 saturated carbocycles. The summed E-state index contributed by atoms with van der Waals surface area (Å²) in [7, 11) is 0. The molecule has 1 amide bonds. The number of hydrogen-bond acceptors (Lipinski definition) is 4. The molecule has 2 heterocycles. The number of carbonyl (C=O) groups excluding carboxylic acids is 1. The summed E-state index contributed by atoms with van der Waals surface area (Å²) < 4.78 is 3.52. The lowest BCUT2D eigenvalue weighted by molar-refractivity contribution is -0.122. The summed E-state index contributed by atoms with van der Waals surface area (Å²) in [6.45, 7) is 7.55. The van der Waals surface area contributed by atoms with Crippen LogP contribution in [-0.2, 0) is 24.3 Å².